The highest BCUT2D eigenvalue weighted by Gasteiger charge is 2.20. The van der Waals surface area contributed by atoms with E-state index in [4.69, 9.17) is 4.74 Å². The Morgan fingerprint density at radius 3 is 2.52 bits per heavy atom. The van der Waals surface area contributed by atoms with E-state index in [1.165, 1.54) is 12.4 Å². The number of hydrogen-bond donors (Lipinski definition) is 0. The van der Waals surface area contributed by atoms with Crippen LogP contribution in [-0.4, -0.2) is 55.1 Å². The number of aliphatic imine (C=N–C) groups is 1. The Labute approximate surface area is 160 Å². The van der Waals surface area contributed by atoms with Crippen molar-refractivity contribution in [3.8, 4) is 11.6 Å². The molecule has 0 spiro atoms. The van der Waals surface area contributed by atoms with Gasteiger partial charge in [-0.15, -0.1) is 11.3 Å². The fourth-order valence-corrected chi connectivity index (χ4v) is 2.67. The van der Waals surface area contributed by atoms with E-state index in [0.717, 1.165) is 23.5 Å². The Kier molecular flexibility index (Phi) is 6.62. The first kappa shape index (κ1) is 20.5. The highest BCUT2D eigenvalue weighted by Crippen LogP contribution is 2.34. The smallest absolute Gasteiger partial charge is 0.241 e. The Morgan fingerprint density at radius 2 is 1.89 bits per heavy atom. The van der Waals surface area contributed by atoms with Crippen LogP contribution in [0.2, 0.25) is 0 Å². The Bertz CT molecular complexity index is 892. The number of carbonyl (C=O) groups is 1. The van der Waals surface area contributed by atoms with E-state index in [1.807, 2.05) is 0 Å². The largest absolute Gasteiger partial charge is 0.434 e. The summed E-state index contributed by atoms with van der Waals surface area (Å²) >= 11 is 1.12. The molecule has 0 radical (unpaired) electrons. The number of hydrogen-bond acceptors (Lipinski definition) is 6. The molecule has 0 aliphatic rings. The molecule has 2 rings (SSSR count). The number of benzene rings is 1. The van der Waals surface area contributed by atoms with E-state index in [2.05, 4.69) is 9.98 Å². The molecule has 0 unspecified atom stereocenters. The van der Waals surface area contributed by atoms with Crippen molar-refractivity contribution in [1.82, 2.24) is 14.8 Å². The van der Waals surface area contributed by atoms with Crippen LogP contribution in [0.15, 0.2) is 29.4 Å². The standard InChI is InChI=1S/C18H20F2N4O2S/c1-11-22-18(17(27-11)15(25)6-7-23(2)3)26-16-9-12(19)14(8-13(16)20)21-10-24(4)5/h6-10H,1-5H3/b7-6+,21-10?. The zero-order valence-electron chi connectivity index (χ0n) is 15.7. The normalized spacial score (nSPS) is 11.4. The van der Waals surface area contributed by atoms with Crippen LogP contribution in [0.25, 0.3) is 0 Å². The molecule has 0 amide bonds. The van der Waals surface area contributed by atoms with Gasteiger partial charge in [-0.25, -0.2) is 18.8 Å². The Balaban J connectivity index is 2.32. The van der Waals surface area contributed by atoms with E-state index < -0.39 is 11.6 Å². The molecule has 9 heteroatoms. The zero-order valence-corrected chi connectivity index (χ0v) is 16.5. The van der Waals surface area contributed by atoms with E-state index in [1.54, 1.807) is 51.1 Å². The lowest BCUT2D eigenvalue weighted by atomic mass is 10.2. The van der Waals surface area contributed by atoms with Crippen molar-refractivity contribution in [2.75, 3.05) is 28.2 Å². The summed E-state index contributed by atoms with van der Waals surface area (Å²) in [4.78, 5) is 23.8. The van der Waals surface area contributed by atoms with Gasteiger partial charge >= 0.3 is 0 Å². The van der Waals surface area contributed by atoms with Crippen LogP contribution >= 0.6 is 11.3 Å². The lowest BCUT2D eigenvalue weighted by molar-refractivity contribution is 0.104. The van der Waals surface area contributed by atoms with Crippen molar-refractivity contribution in [3.63, 3.8) is 0 Å². The van der Waals surface area contributed by atoms with Gasteiger partial charge in [0.15, 0.2) is 17.4 Å². The van der Waals surface area contributed by atoms with Gasteiger partial charge in [-0.1, -0.05) is 0 Å². The molecular formula is C18H20F2N4O2S. The number of allylic oxidation sites excluding steroid dienone is 1. The molecule has 0 aliphatic heterocycles. The summed E-state index contributed by atoms with van der Waals surface area (Å²) in [5.41, 5.74) is -0.159. The summed E-state index contributed by atoms with van der Waals surface area (Å²) < 4.78 is 33.9. The zero-order chi connectivity index (χ0) is 20.1. The first-order valence-corrected chi connectivity index (χ1v) is 8.73. The molecule has 1 aromatic heterocycles. The molecule has 1 aromatic carbocycles. The Hall–Kier alpha value is -2.81. The van der Waals surface area contributed by atoms with Crippen molar-refractivity contribution in [2.45, 2.75) is 6.92 Å². The number of rotatable bonds is 7. The van der Waals surface area contributed by atoms with Crippen LogP contribution in [0, 0.1) is 18.6 Å². The monoisotopic (exact) mass is 394 g/mol. The van der Waals surface area contributed by atoms with Crippen LogP contribution < -0.4 is 4.74 Å². The maximum absolute atomic E-state index is 14.3. The van der Waals surface area contributed by atoms with Crippen molar-refractivity contribution >= 4 is 29.1 Å². The van der Waals surface area contributed by atoms with Gasteiger partial charge in [0.05, 0.1) is 11.3 Å². The molecule has 2 aromatic rings. The first-order chi connectivity index (χ1) is 12.7. The molecule has 0 aliphatic carbocycles. The third-order valence-electron chi connectivity index (χ3n) is 3.09. The van der Waals surface area contributed by atoms with Gasteiger partial charge in [0.1, 0.15) is 10.6 Å². The predicted molar refractivity (Wildman–Crippen MR) is 102 cm³/mol. The number of aromatic nitrogens is 1. The minimum Gasteiger partial charge on any atom is -0.434 e. The van der Waals surface area contributed by atoms with Crippen molar-refractivity contribution in [3.05, 3.63) is 45.9 Å². The lowest BCUT2D eigenvalue weighted by Gasteiger charge is -2.08. The number of ketones is 1. The van der Waals surface area contributed by atoms with Gasteiger partial charge in [-0.3, -0.25) is 4.79 Å². The number of aryl methyl sites for hydroxylation is 1. The second kappa shape index (κ2) is 8.72. The summed E-state index contributed by atoms with van der Waals surface area (Å²) in [6.45, 7) is 1.69. The van der Waals surface area contributed by atoms with Crippen LogP contribution in [0.3, 0.4) is 0 Å². The average Bonchev–Trinajstić information content (AvgIpc) is 2.94. The third kappa shape index (κ3) is 5.58. The number of ether oxygens (including phenoxy) is 1. The maximum Gasteiger partial charge on any atom is 0.241 e. The molecule has 0 N–H and O–H groups in total. The van der Waals surface area contributed by atoms with Crippen molar-refractivity contribution in [1.29, 1.82) is 0 Å². The molecule has 0 saturated heterocycles. The average molecular weight is 394 g/mol. The van der Waals surface area contributed by atoms with Gasteiger partial charge in [0.2, 0.25) is 11.7 Å². The van der Waals surface area contributed by atoms with Crippen LogP contribution in [0.1, 0.15) is 14.7 Å². The number of halogens is 2. The van der Waals surface area contributed by atoms with E-state index in [0.29, 0.717) is 5.01 Å². The van der Waals surface area contributed by atoms with E-state index in [9.17, 15) is 13.6 Å². The second-order valence-electron chi connectivity index (χ2n) is 6.06. The second-order valence-corrected chi connectivity index (χ2v) is 7.26. The van der Waals surface area contributed by atoms with Gasteiger partial charge < -0.3 is 14.5 Å². The van der Waals surface area contributed by atoms with Crippen LogP contribution in [-0.2, 0) is 0 Å². The molecular weight excluding hydrogens is 374 g/mol. The minimum atomic E-state index is -0.810. The first-order valence-electron chi connectivity index (χ1n) is 7.91. The topological polar surface area (TPSA) is 58.0 Å². The number of nitrogens with zero attached hydrogens (tertiary/aromatic N) is 4. The molecule has 1 heterocycles. The molecule has 27 heavy (non-hydrogen) atoms. The fourth-order valence-electron chi connectivity index (χ4n) is 1.90. The maximum atomic E-state index is 14.3. The van der Waals surface area contributed by atoms with E-state index in [-0.39, 0.29) is 28.0 Å². The molecule has 144 valence electrons. The summed E-state index contributed by atoms with van der Waals surface area (Å²) in [5, 5.41) is 0.569. The summed E-state index contributed by atoms with van der Waals surface area (Å²) in [5.74, 6) is -2.33. The fraction of sp³-hybridized carbons (Fsp3) is 0.278. The van der Waals surface area contributed by atoms with E-state index >= 15 is 0 Å². The van der Waals surface area contributed by atoms with Gasteiger partial charge in [-0.2, -0.15) is 0 Å². The van der Waals surface area contributed by atoms with Crippen LogP contribution in [0.5, 0.6) is 11.6 Å². The SMILES string of the molecule is Cc1nc(Oc2cc(F)c(N=CN(C)C)cc2F)c(C(=O)/C=C/N(C)C)s1. The molecule has 0 saturated carbocycles. The third-order valence-corrected chi connectivity index (χ3v) is 4.05. The molecule has 0 fully saturated rings. The molecule has 0 atom stereocenters. The molecule has 0 bridgehead atoms. The van der Waals surface area contributed by atoms with Gasteiger partial charge in [0, 0.05) is 52.6 Å². The highest BCUT2D eigenvalue weighted by molar-refractivity contribution is 7.14. The lowest BCUT2D eigenvalue weighted by Crippen LogP contribution is -2.07. The predicted octanol–water partition coefficient (Wildman–Crippen LogP) is 4.00. The molecule has 6 nitrogen and oxygen atoms in total. The quantitative estimate of drug-likeness (QED) is 0.307. The number of carbonyl (C=O) groups excluding carboxylic acids is 1. The number of thiazole rings is 1. The minimum absolute atomic E-state index is 0.0613. The van der Waals surface area contributed by atoms with Crippen molar-refractivity contribution in [2.24, 2.45) is 4.99 Å². The highest BCUT2D eigenvalue weighted by atomic mass is 32.1. The Morgan fingerprint density at radius 1 is 1.19 bits per heavy atom. The van der Waals surface area contributed by atoms with Gasteiger partial charge in [-0.05, 0) is 6.92 Å². The summed E-state index contributed by atoms with van der Waals surface area (Å²) in [6.07, 6.45) is 4.30. The summed E-state index contributed by atoms with van der Waals surface area (Å²) in [6, 6.07) is 1.81. The summed E-state index contributed by atoms with van der Waals surface area (Å²) in [7, 11) is 6.97. The van der Waals surface area contributed by atoms with Crippen molar-refractivity contribution < 1.29 is 18.3 Å². The van der Waals surface area contributed by atoms with Gasteiger partial charge in [0.25, 0.3) is 0 Å². The van der Waals surface area contributed by atoms with Crippen LogP contribution in [0.4, 0.5) is 14.5 Å².